The second-order valence-electron chi connectivity index (χ2n) is 8.65. The van der Waals surface area contributed by atoms with Gasteiger partial charge < -0.3 is 15.2 Å². The number of carbonyl (C=O) groups is 1. The minimum atomic E-state index is -0.489. The minimum absolute atomic E-state index is 0.210. The van der Waals surface area contributed by atoms with Crippen molar-refractivity contribution in [2.75, 3.05) is 6.54 Å². The molecule has 1 aliphatic heterocycles. The number of benzene rings is 3. The van der Waals surface area contributed by atoms with Gasteiger partial charge in [0.05, 0.1) is 17.8 Å². The fourth-order valence-corrected chi connectivity index (χ4v) is 4.57. The van der Waals surface area contributed by atoms with Gasteiger partial charge in [0, 0.05) is 30.5 Å². The molecule has 4 aromatic rings. The minimum Gasteiger partial charge on any atom is -0.370 e. The SMILES string of the molecule is CCn1c(-c2ccccc2)c(N=NC2N(CCC(N)=O)C=NN2Cc2ccccc2)c2ccccc21. The van der Waals surface area contributed by atoms with Gasteiger partial charge in [0.25, 0.3) is 0 Å². The summed E-state index contributed by atoms with van der Waals surface area (Å²) in [5.41, 5.74) is 10.6. The van der Waals surface area contributed by atoms with Crippen LogP contribution in [0.3, 0.4) is 0 Å². The number of nitrogens with two attached hydrogens (primary N) is 1. The fourth-order valence-electron chi connectivity index (χ4n) is 4.57. The number of nitrogens with zero attached hydrogens (tertiary/aromatic N) is 6. The smallest absolute Gasteiger partial charge is 0.234 e. The lowest BCUT2D eigenvalue weighted by Crippen LogP contribution is -2.39. The molecular weight excluding hydrogens is 450 g/mol. The highest BCUT2D eigenvalue weighted by molar-refractivity contribution is 6.00. The van der Waals surface area contributed by atoms with E-state index in [4.69, 9.17) is 16.0 Å². The van der Waals surface area contributed by atoms with E-state index in [1.807, 2.05) is 58.4 Å². The second-order valence-corrected chi connectivity index (χ2v) is 8.65. The standard InChI is InChI=1S/C28H29N7O/c1-2-34-24-16-10-9-15-23(24)26(27(34)22-13-7-4-8-14-22)31-32-28-33(18-17-25(29)36)20-30-35(28)19-21-11-5-3-6-12-21/h3-16,20,28H,2,17-19H2,1H3,(H2,29,36). The average molecular weight is 480 g/mol. The maximum Gasteiger partial charge on any atom is 0.234 e. The molecule has 8 heteroatoms. The summed E-state index contributed by atoms with van der Waals surface area (Å²) in [7, 11) is 0. The Labute approximate surface area is 210 Å². The summed E-state index contributed by atoms with van der Waals surface area (Å²) in [5, 5.41) is 17.1. The van der Waals surface area contributed by atoms with Crippen LogP contribution in [0.5, 0.6) is 0 Å². The second kappa shape index (κ2) is 10.4. The third kappa shape index (κ3) is 4.70. The molecule has 1 unspecified atom stereocenters. The van der Waals surface area contributed by atoms with Gasteiger partial charge >= 0.3 is 0 Å². The molecule has 36 heavy (non-hydrogen) atoms. The number of primary amides is 1. The molecule has 0 fully saturated rings. The van der Waals surface area contributed by atoms with E-state index < -0.39 is 6.29 Å². The number of fused-ring (bicyclic) bond motifs is 1. The lowest BCUT2D eigenvalue weighted by Gasteiger charge is -2.26. The van der Waals surface area contributed by atoms with Crippen LogP contribution in [0.25, 0.3) is 22.2 Å². The number of hydrogen-bond donors (Lipinski definition) is 1. The van der Waals surface area contributed by atoms with Crippen LogP contribution in [0.4, 0.5) is 5.69 Å². The molecule has 0 saturated carbocycles. The molecule has 0 bridgehead atoms. The predicted molar refractivity (Wildman–Crippen MR) is 142 cm³/mol. The van der Waals surface area contributed by atoms with Gasteiger partial charge in [-0.05, 0) is 18.6 Å². The van der Waals surface area contributed by atoms with Gasteiger partial charge in [0.2, 0.25) is 12.2 Å². The van der Waals surface area contributed by atoms with E-state index >= 15 is 0 Å². The Bertz CT molecular complexity index is 1400. The van der Waals surface area contributed by atoms with E-state index in [2.05, 4.69) is 53.0 Å². The number of carbonyl (C=O) groups excluding carboxylic acids is 1. The van der Waals surface area contributed by atoms with Crippen LogP contribution in [0, 0.1) is 0 Å². The number of hydrogen-bond acceptors (Lipinski definition) is 6. The Morgan fingerprint density at radius 2 is 1.67 bits per heavy atom. The largest absolute Gasteiger partial charge is 0.370 e. The van der Waals surface area contributed by atoms with Crippen molar-refractivity contribution >= 4 is 28.8 Å². The Morgan fingerprint density at radius 3 is 2.39 bits per heavy atom. The molecule has 0 aliphatic carbocycles. The van der Waals surface area contributed by atoms with Crippen LogP contribution >= 0.6 is 0 Å². The van der Waals surface area contributed by atoms with Crippen LogP contribution < -0.4 is 5.73 Å². The first-order valence-corrected chi connectivity index (χ1v) is 12.1. The van der Waals surface area contributed by atoms with E-state index in [9.17, 15) is 4.79 Å². The summed E-state index contributed by atoms with van der Waals surface area (Å²) >= 11 is 0. The van der Waals surface area contributed by atoms with Crippen molar-refractivity contribution in [1.82, 2.24) is 14.5 Å². The van der Waals surface area contributed by atoms with E-state index in [-0.39, 0.29) is 12.3 Å². The zero-order valence-corrected chi connectivity index (χ0v) is 20.2. The number of rotatable bonds is 9. The van der Waals surface area contributed by atoms with Gasteiger partial charge in [-0.25, -0.2) is 5.01 Å². The van der Waals surface area contributed by atoms with Crippen LogP contribution in [0.15, 0.2) is 100 Å². The quantitative estimate of drug-likeness (QED) is 0.329. The highest BCUT2D eigenvalue weighted by atomic mass is 16.1. The maximum absolute atomic E-state index is 11.5. The monoisotopic (exact) mass is 479 g/mol. The highest BCUT2D eigenvalue weighted by Crippen LogP contribution is 2.40. The van der Waals surface area contributed by atoms with Gasteiger partial charge in [-0.2, -0.15) is 5.10 Å². The molecule has 1 aliphatic rings. The summed E-state index contributed by atoms with van der Waals surface area (Å²) in [6.07, 6.45) is 1.43. The number of azo groups is 1. The maximum atomic E-state index is 11.5. The van der Waals surface area contributed by atoms with Gasteiger partial charge in [-0.15, -0.1) is 10.2 Å². The molecule has 3 aromatic carbocycles. The molecule has 2 N–H and O–H groups in total. The Hall–Kier alpha value is -4.46. The molecule has 1 atom stereocenters. The summed E-state index contributed by atoms with van der Waals surface area (Å²) < 4.78 is 2.27. The number of aryl methyl sites for hydroxylation is 1. The Balaban J connectivity index is 1.56. The first kappa shape index (κ1) is 23.3. The van der Waals surface area contributed by atoms with Crippen LogP contribution in [-0.2, 0) is 17.9 Å². The van der Waals surface area contributed by atoms with E-state index in [1.165, 1.54) is 0 Å². The molecule has 0 radical (unpaired) electrons. The van der Waals surface area contributed by atoms with Crippen molar-refractivity contribution in [3.63, 3.8) is 0 Å². The topological polar surface area (TPSA) is 91.6 Å². The van der Waals surface area contributed by atoms with E-state index in [0.29, 0.717) is 13.1 Å². The first-order valence-electron chi connectivity index (χ1n) is 12.1. The molecule has 5 rings (SSSR count). The highest BCUT2D eigenvalue weighted by Gasteiger charge is 2.28. The number of amides is 1. The number of hydrazone groups is 1. The molecule has 2 heterocycles. The zero-order valence-electron chi connectivity index (χ0n) is 20.2. The average Bonchev–Trinajstić information content (AvgIpc) is 3.44. The fraction of sp³-hybridized carbons (Fsp3) is 0.214. The van der Waals surface area contributed by atoms with Crippen molar-refractivity contribution in [1.29, 1.82) is 0 Å². The Kier molecular flexibility index (Phi) is 6.75. The normalized spacial score (nSPS) is 15.4. The summed E-state index contributed by atoms with van der Waals surface area (Å²) in [4.78, 5) is 13.4. The third-order valence-electron chi connectivity index (χ3n) is 6.28. The molecular formula is C28H29N7O. The van der Waals surface area contributed by atoms with Gasteiger partial charge in [0.15, 0.2) is 0 Å². The summed E-state index contributed by atoms with van der Waals surface area (Å²) in [6.45, 7) is 3.92. The van der Waals surface area contributed by atoms with E-state index in [0.717, 1.165) is 40.0 Å². The molecule has 182 valence electrons. The van der Waals surface area contributed by atoms with Crippen molar-refractivity contribution in [3.05, 3.63) is 90.5 Å². The summed E-state index contributed by atoms with van der Waals surface area (Å²) in [5.74, 6) is -0.363. The molecule has 0 spiro atoms. The van der Waals surface area contributed by atoms with Crippen molar-refractivity contribution in [2.24, 2.45) is 21.1 Å². The molecule has 1 aromatic heterocycles. The van der Waals surface area contributed by atoms with Crippen molar-refractivity contribution < 1.29 is 4.79 Å². The van der Waals surface area contributed by atoms with Gasteiger partial charge in [0.1, 0.15) is 12.0 Å². The van der Waals surface area contributed by atoms with Crippen molar-refractivity contribution in [2.45, 2.75) is 32.7 Å². The first-order chi connectivity index (χ1) is 17.7. The molecule has 1 amide bonds. The van der Waals surface area contributed by atoms with E-state index in [1.54, 1.807) is 6.34 Å². The zero-order chi connectivity index (χ0) is 24.9. The third-order valence-corrected chi connectivity index (χ3v) is 6.28. The molecule has 0 saturated heterocycles. The summed E-state index contributed by atoms with van der Waals surface area (Å²) in [6, 6.07) is 28.6. The van der Waals surface area contributed by atoms with Crippen LogP contribution in [0.1, 0.15) is 18.9 Å². The lowest BCUT2D eigenvalue weighted by atomic mass is 10.1. The number of aromatic nitrogens is 1. The van der Waals surface area contributed by atoms with Crippen LogP contribution in [-0.4, -0.2) is 39.6 Å². The van der Waals surface area contributed by atoms with Gasteiger partial charge in [-0.1, -0.05) is 78.9 Å². The molecule has 8 nitrogen and oxygen atoms in total. The van der Waals surface area contributed by atoms with Gasteiger partial charge in [-0.3, -0.25) is 4.79 Å². The van der Waals surface area contributed by atoms with Crippen molar-refractivity contribution in [3.8, 4) is 11.3 Å². The predicted octanol–water partition coefficient (Wildman–Crippen LogP) is 5.33. The Morgan fingerprint density at radius 1 is 0.972 bits per heavy atom. The van der Waals surface area contributed by atoms with Crippen LogP contribution in [0.2, 0.25) is 0 Å². The number of para-hydroxylation sites is 1. The lowest BCUT2D eigenvalue weighted by molar-refractivity contribution is -0.118.